The van der Waals surface area contributed by atoms with Gasteiger partial charge < -0.3 is 10.0 Å². The van der Waals surface area contributed by atoms with Crippen molar-refractivity contribution in [1.82, 2.24) is 24.6 Å². The fraction of sp³-hybridized carbons (Fsp3) is 0.455. The summed E-state index contributed by atoms with van der Waals surface area (Å²) in [5.74, 6) is 0. The van der Waals surface area contributed by atoms with E-state index in [-0.39, 0.29) is 11.3 Å². The van der Waals surface area contributed by atoms with Crippen LogP contribution in [0.4, 0.5) is 4.79 Å². The van der Waals surface area contributed by atoms with E-state index in [1.54, 1.807) is 17.1 Å². The third-order valence-corrected chi connectivity index (χ3v) is 3.54. The van der Waals surface area contributed by atoms with Gasteiger partial charge in [0.2, 0.25) is 5.28 Å². The Morgan fingerprint density at radius 3 is 3.16 bits per heavy atom. The molecule has 0 spiro atoms. The van der Waals surface area contributed by atoms with Gasteiger partial charge >= 0.3 is 6.09 Å². The quantitative estimate of drug-likeness (QED) is 0.846. The smallest absolute Gasteiger partial charge is 0.407 e. The molecule has 1 aliphatic rings. The molecule has 7 nitrogen and oxygen atoms in total. The minimum atomic E-state index is -0.883. The number of carboxylic acid groups (broad SMARTS) is 1. The number of likely N-dealkylation sites (tertiary alicyclic amines) is 1. The van der Waals surface area contributed by atoms with Crippen molar-refractivity contribution in [3.05, 3.63) is 17.7 Å². The van der Waals surface area contributed by atoms with Gasteiger partial charge in [0.05, 0.1) is 24.2 Å². The fourth-order valence-electron chi connectivity index (χ4n) is 2.46. The zero-order valence-corrected chi connectivity index (χ0v) is 10.8. The molecule has 19 heavy (non-hydrogen) atoms. The Hall–Kier alpha value is -1.89. The van der Waals surface area contributed by atoms with Gasteiger partial charge in [-0.25, -0.2) is 14.5 Å². The summed E-state index contributed by atoms with van der Waals surface area (Å²) < 4.78 is 1.69. The van der Waals surface area contributed by atoms with E-state index in [1.165, 1.54) is 4.90 Å². The number of rotatable bonds is 2. The molecule has 100 valence electrons. The van der Waals surface area contributed by atoms with Gasteiger partial charge in [-0.05, 0) is 24.4 Å². The van der Waals surface area contributed by atoms with Crippen molar-refractivity contribution in [2.75, 3.05) is 6.54 Å². The van der Waals surface area contributed by atoms with Crippen LogP contribution in [0.15, 0.2) is 12.4 Å². The van der Waals surface area contributed by atoms with Crippen molar-refractivity contribution in [3.63, 3.8) is 0 Å². The zero-order chi connectivity index (χ0) is 13.4. The normalized spacial score (nSPS) is 19.2. The number of aromatic nitrogens is 4. The second-order valence-corrected chi connectivity index (χ2v) is 4.85. The van der Waals surface area contributed by atoms with Gasteiger partial charge in [-0.1, -0.05) is 0 Å². The maximum atomic E-state index is 11.1. The first-order valence-electron chi connectivity index (χ1n) is 5.99. The average molecular weight is 282 g/mol. The highest BCUT2D eigenvalue weighted by molar-refractivity contribution is 6.28. The fourth-order valence-corrected chi connectivity index (χ4v) is 2.59. The van der Waals surface area contributed by atoms with Crippen molar-refractivity contribution in [2.24, 2.45) is 0 Å². The Morgan fingerprint density at radius 2 is 2.37 bits per heavy atom. The molecule has 0 aliphatic carbocycles. The number of halogens is 1. The molecule has 0 bridgehead atoms. The highest BCUT2D eigenvalue weighted by Gasteiger charge is 2.29. The standard InChI is InChI=1S/C11H12ClN5O2/c12-10-13-4-7-5-14-17(9(7)15-10)6-8-2-1-3-16(8)11(18)19/h4-5,8H,1-3,6H2,(H,18,19)/t8-/m1/s1. The van der Waals surface area contributed by atoms with Crippen LogP contribution in [-0.2, 0) is 6.54 Å². The number of amides is 1. The highest BCUT2D eigenvalue weighted by atomic mass is 35.5. The Labute approximate surface area is 113 Å². The summed E-state index contributed by atoms with van der Waals surface area (Å²) in [6.45, 7) is 1.07. The van der Waals surface area contributed by atoms with E-state index < -0.39 is 6.09 Å². The minimum absolute atomic E-state index is 0.0608. The first kappa shape index (κ1) is 12.2. The minimum Gasteiger partial charge on any atom is -0.465 e. The first-order valence-corrected chi connectivity index (χ1v) is 6.36. The Morgan fingerprint density at radius 1 is 1.53 bits per heavy atom. The summed E-state index contributed by atoms with van der Waals surface area (Å²) in [4.78, 5) is 20.6. The van der Waals surface area contributed by atoms with Gasteiger partial charge in [-0.2, -0.15) is 10.1 Å². The Kier molecular flexibility index (Phi) is 2.98. The van der Waals surface area contributed by atoms with Crippen LogP contribution >= 0.6 is 11.6 Å². The molecule has 8 heteroatoms. The molecule has 0 radical (unpaired) electrons. The second kappa shape index (κ2) is 4.65. The van der Waals surface area contributed by atoms with E-state index >= 15 is 0 Å². The van der Waals surface area contributed by atoms with Crippen molar-refractivity contribution in [1.29, 1.82) is 0 Å². The predicted octanol–water partition coefficient (Wildman–Crippen LogP) is 1.62. The molecule has 2 aromatic heterocycles. The zero-order valence-electron chi connectivity index (χ0n) is 10.0. The average Bonchev–Trinajstić information content (AvgIpc) is 2.97. The number of nitrogens with zero attached hydrogens (tertiary/aromatic N) is 5. The molecule has 1 atom stereocenters. The number of hydrogen-bond donors (Lipinski definition) is 1. The van der Waals surface area contributed by atoms with Crippen LogP contribution in [0.1, 0.15) is 12.8 Å². The summed E-state index contributed by atoms with van der Waals surface area (Å²) >= 11 is 5.78. The summed E-state index contributed by atoms with van der Waals surface area (Å²) in [5.41, 5.74) is 0.636. The van der Waals surface area contributed by atoms with Crippen LogP contribution in [0.2, 0.25) is 5.28 Å². The van der Waals surface area contributed by atoms with E-state index in [9.17, 15) is 4.79 Å². The van der Waals surface area contributed by atoms with Crippen LogP contribution in [-0.4, -0.2) is 48.4 Å². The molecule has 0 aromatic carbocycles. The summed E-state index contributed by atoms with van der Waals surface area (Å²) in [5, 5.41) is 14.3. The van der Waals surface area contributed by atoms with E-state index in [4.69, 9.17) is 16.7 Å². The lowest BCUT2D eigenvalue weighted by atomic mass is 10.2. The second-order valence-electron chi connectivity index (χ2n) is 4.52. The number of carbonyl (C=O) groups is 1. The summed E-state index contributed by atoms with van der Waals surface area (Å²) in [6.07, 6.45) is 4.11. The molecule has 1 saturated heterocycles. The SMILES string of the molecule is O=C(O)N1CCC[C@@H]1Cn1ncc2cnc(Cl)nc21. The highest BCUT2D eigenvalue weighted by Crippen LogP contribution is 2.20. The van der Waals surface area contributed by atoms with Crippen molar-refractivity contribution in [2.45, 2.75) is 25.4 Å². The molecule has 3 rings (SSSR count). The number of fused-ring (bicyclic) bond motifs is 1. The monoisotopic (exact) mass is 281 g/mol. The van der Waals surface area contributed by atoms with Gasteiger partial charge in [0.1, 0.15) is 0 Å². The maximum absolute atomic E-state index is 11.1. The third kappa shape index (κ3) is 2.21. The van der Waals surface area contributed by atoms with Crippen LogP contribution in [0.25, 0.3) is 11.0 Å². The molecule has 1 amide bonds. The van der Waals surface area contributed by atoms with Gasteiger partial charge in [0, 0.05) is 12.7 Å². The topological polar surface area (TPSA) is 84.1 Å². The van der Waals surface area contributed by atoms with Crippen molar-refractivity contribution in [3.8, 4) is 0 Å². The van der Waals surface area contributed by atoms with Gasteiger partial charge in [-0.15, -0.1) is 0 Å². The molecule has 1 N–H and O–H groups in total. The van der Waals surface area contributed by atoms with Crippen LogP contribution < -0.4 is 0 Å². The first-order chi connectivity index (χ1) is 9.15. The summed E-state index contributed by atoms with van der Waals surface area (Å²) in [6, 6.07) is -0.0608. The molecular weight excluding hydrogens is 270 g/mol. The van der Waals surface area contributed by atoms with Crippen LogP contribution in [0, 0.1) is 0 Å². The van der Waals surface area contributed by atoms with E-state index in [0.717, 1.165) is 18.2 Å². The lowest BCUT2D eigenvalue weighted by molar-refractivity contribution is 0.135. The Balaban J connectivity index is 1.89. The summed E-state index contributed by atoms with van der Waals surface area (Å²) in [7, 11) is 0. The molecule has 1 aliphatic heterocycles. The molecular formula is C11H12ClN5O2. The molecule has 3 heterocycles. The Bertz CT molecular complexity index is 629. The van der Waals surface area contributed by atoms with E-state index in [1.807, 2.05) is 0 Å². The molecule has 2 aromatic rings. The van der Waals surface area contributed by atoms with Gasteiger partial charge in [0.25, 0.3) is 0 Å². The van der Waals surface area contributed by atoms with E-state index in [0.29, 0.717) is 18.7 Å². The lowest BCUT2D eigenvalue weighted by Gasteiger charge is -2.21. The molecule has 0 saturated carbocycles. The third-order valence-electron chi connectivity index (χ3n) is 3.35. The van der Waals surface area contributed by atoms with Gasteiger partial charge in [-0.3, -0.25) is 0 Å². The van der Waals surface area contributed by atoms with Crippen molar-refractivity contribution >= 4 is 28.7 Å². The molecule has 0 unspecified atom stereocenters. The largest absolute Gasteiger partial charge is 0.465 e. The lowest BCUT2D eigenvalue weighted by Crippen LogP contribution is -2.37. The predicted molar refractivity (Wildman–Crippen MR) is 68.1 cm³/mol. The van der Waals surface area contributed by atoms with Gasteiger partial charge in [0.15, 0.2) is 5.65 Å². The molecule has 1 fully saturated rings. The van der Waals surface area contributed by atoms with Crippen molar-refractivity contribution < 1.29 is 9.90 Å². The van der Waals surface area contributed by atoms with E-state index in [2.05, 4.69) is 15.1 Å². The number of hydrogen-bond acceptors (Lipinski definition) is 4. The van der Waals surface area contributed by atoms with Crippen LogP contribution in [0.5, 0.6) is 0 Å². The maximum Gasteiger partial charge on any atom is 0.407 e. The van der Waals surface area contributed by atoms with Crippen LogP contribution in [0.3, 0.4) is 0 Å².